The summed E-state index contributed by atoms with van der Waals surface area (Å²) in [5, 5.41) is 3.71. The van der Waals surface area contributed by atoms with Gasteiger partial charge in [0.1, 0.15) is 0 Å². The van der Waals surface area contributed by atoms with Gasteiger partial charge in [0, 0.05) is 16.6 Å². The summed E-state index contributed by atoms with van der Waals surface area (Å²) in [6.45, 7) is 4.72. The Morgan fingerprint density at radius 1 is 1.17 bits per heavy atom. The summed E-state index contributed by atoms with van der Waals surface area (Å²) in [6, 6.07) is 9.51. The van der Waals surface area contributed by atoms with Crippen LogP contribution in [0.3, 0.4) is 0 Å². The molecule has 0 radical (unpaired) electrons. The molecular weight excluding hydrogens is 238 g/mol. The smallest absolute Gasteiger partial charge is 0.0343 e. The highest BCUT2D eigenvalue weighted by Crippen LogP contribution is 2.31. The summed E-state index contributed by atoms with van der Waals surface area (Å²) in [7, 11) is 0. The van der Waals surface area contributed by atoms with E-state index in [1.807, 2.05) is 0 Å². The number of nitrogens with one attached hydrogen (secondary N) is 1. The quantitative estimate of drug-likeness (QED) is 0.764. The van der Waals surface area contributed by atoms with Crippen molar-refractivity contribution in [3.05, 3.63) is 24.3 Å². The van der Waals surface area contributed by atoms with Gasteiger partial charge in [-0.25, -0.2) is 0 Å². The number of thioether (sulfide) groups is 1. The van der Waals surface area contributed by atoms with Crippen LogP contribution in [0.15, 0.2) is 29.2 Å². The number of benzene rings is 1. The van der Waals surface area contributed by atoms with Crippen molar-refractivity contribution in [1.29, 1.82) is 0 Å². The normalized spacial score (nSPS) is 24.2. The average molecular weight is 263 g/mol. The maximum Gasteiger partial charge on any atom is 0.0343 e. The Kier molecular flexibility index (Phi) is 4.99. The van der Waals surface area contributed by atoms with Crippen LogP contribution in [0.1, 0.15) is 39.5 Å². The fourth-order valence-electron chi connectivity index (χ4n) is 2.89. The van der Waals surface area contributed by atoms with Gasteiger partial charge < -0.3 is 5.32 Å². The molecule has 2 heteroatoms. The number of hydrogen-bond donors (Lipinski definition) is 1. The zero-order valence-corrected chi connectivity index (χ0v) is 12.6. The second-order valence-electron chi connectivity index (χ2n) is 5.74. The van der Waals surface area contributed by atoms with Gasteiger partial charge in [-0.2, -0.15) is 0 Å². The zero-order chi connectivity index (χ0) is 13.0. The third-order valence-corrected chi connectivity index (χ3v) is 4.86. The Labute approximate surface area is 116 Å². The minimum absolute atomic E-state index is 0.672. The molecular formula is C16H25NS. The lowest BCUT2D eigenvalue weighted by atomic mass is 9.79. The third-order valence-electron chi connectivity index (χ3n) is 4.12. The maximum absolute atomic E-state index is 3.71. The molecule has 1 aromatic rings. The molecule has 0 bridgehead atoms. The van der Waals surface area contributed by atoms with Crippen molar-refractivity contribution in [2.24, 2.45) is 11.8 Å². The van der Waals surface area contributed by atoms with Crippen molar-refractivity contribution in [2.75, 3.05) is 11.6 Å². The molecule has 1 aromatic carbocycles. The van der Waals surface area contributed by atoms with Crippen molar-refractivity contribution in [3.8, 4) is 0 Å². The maximum atomic E-state index is 3.71. The Morgan fingerprint density at radius 3 is 2.50 bits per heavy atom. The molecule has 1 aliphatic rings. The standard InChI is InChI=1S/C16H25NS/c1-12(2)13-5-4-6-15(11-13)17-14-7-9-16(18-3)10-8-14/h7-10,12-13,15,17H,4-6,11H2,1-3H3. The Balaban J connectivity index is 1.91. The van der Waals surface area contributed by atoms with Crippen LogP contribution in [0.4, 0.5) is 5.69 Å². The summed E-state index contributed by atoms with van der Waals surface area (Å²) < 4.78 is 0. The van der Waals surface area contributed by atoms with E-state index in [0.717, 1.165) is 11.8 Å². The predicted octanol–water partition coefficient (Wildman–Crippen LogP) is 5.04. The largest absolute Gasteiger partial charge is 0.382 e. The van der Waals surface area contributed by atoms with E-state index < -0.39 is 0 Å². The van der Waals surface area contributed by atoms with Crippen LogP contribution >= 0.6 is 11.8 Å². The minimum atomic E-state index is 0.672. The van der Waals surface area contributed by atoms with Gasteiger partial charge >= 0.3 is 0 Å². The van der Waals surface area contributed by atoms with Crippen molar-refractivity contribution in [3.63, 3.8) is 0 Å². The molecule has 2 rings (SSSR count). The van der Waals surface area contributed by atoms with Gasteiger partial charge in [-0.05, 0) is 55.2 Å². The van der Waals surface area contributed by atoms with Crippen molar-refractivity contribution >= 4 is 17.4 Å². The van der Waals surface area contributed by atoms with Crippen LogP contribution in [0, 0.1) is 11.8 Å². The van der Waals surface area contributed by atoms with Crippen molar-refractivity contribution in [2.45, 2.75) is 50.5 Å². The first-order valence-electron chi connectivity index (χ1n) is 7.09. The molecule has 1 nitrogen and oxygen atoms in total. The van der Waals surface area contributed by atoms with Gasteiger partial charge in [0.15, 0.2) is 0 Å². The molecule has 2 unspecified atom stereocenters. The molecule has 2 atom stereocenters. The predicted molar refractivity (Wildman–Crippen MR) is 82.4 cm³/mol. The average Bonchev–Trinajstić information content (AvgIpc) is 2.40. The summed E-state index contributed by atoms with van der Waals surface area (Å²) >= 11 is 1.80. The van der Waals surface area contributed by atoms with Crippen LogP contribution in [-0.2, 0) is 0 Å². The van der Waals surface area contributed by atoms with Crippen LogP contribution in [-0.4, -0.2) is 12.3 Å². The summed E-state index contributed by atoms with van der Waals surface area (Å²) in [6.07, 6.45) is 7.58. The molecule has 0 heterocycles. The van der Waals surface area contributed by atoms with E-state index in [0.29, 0.717) is 6.04 Å². The molecule has 1 aliphatic carbocycles. The Bertz CT molecular complexity index is 358. The zero-order valence-electron chi connectivity index (χ0n) is 11.8. The summed E-state index contributed by atoms with van der Waals surface area (Å²) in [4.78, 5) is 1.34. The van der Waals surface area contributed by atoms with Crippen LogP contribution in [0.2, 0.25) is 0 Å². The molecule has 100 valence electrons. The minimum Gasteiger partial charge on any atom is -0.382 e. The first-order valence-corrected chi connectivity index (χ1v) is 8.32. The molecule has 0 amide bonds. The highest BCUT2D eigenvalue weighted by Gasteiger charge is 2.23. The third kappa shape index (κ3) is 3.68. The van der Waals surface area contributed by atoms with E-state index in [-0.39, 0.29) is 0 Å². The summed E-state index contributed by atoms with van der Waals surface area (Å²) in [5.74, 6) is 1.73. The second-order valence-corrected chi connectivity index (χ2v) is 6.62. The van der Waals surface area contributed by atoms with E-state index in [9.17, 15) is 0 Å². The molecule has 1 N–H and O–H groups in total. The Hall–Kier alpha value is -0.630. The van der Waals surface area contributed by atoms with Gasteiger partial charge in [-0.3, -0.25) is 0 Å². The van der Waals surface area contributed by atoms with Crippen LogP contribution < -0.4 is 5.32 Å². The van der Waals surface area contributed by atoms with Gasteiger partial charge in [0.25, 0.3) is 0 Å². The van der Waals surface area contributed by atoms with E-state index >= 15 is 0 Å². The fourth-order valence-corrected chi connectivity index (χ4v) is 3.30. The molecule has 1 fully saturated rings. The first kappa shape index (κ1) is 13.8. The molecule has 0 saturated heterocycles. The van der Waals surface area contributed by atoms with E-state index in [1.54, 1.807) is 11.8 Å². The van der Waals surface area contributed by atoms with Crippen molar-refractivity contribution < 1.29 is 0 Å². The fraction of sp³-hybridized carbons (Fsp3) is 0.625. The highest BCUT2D eigenvalue weighted by atomic mass is 32.2. The lowest BCUT2D eigenvalue weighted by molar-refractivity contribution is 0.264. The number of hydrogen-bond acceptors (Lipinski definition) is 2. The lowest BCUT2D eigenvalue weighted by Gasteiger charge is -2.32. The molecule has 18 heavy (non-hydrogen) atoms. The van der Waals surface area contributed by atoms with Crippen molar-refractivity contribution in [1.82, 2.24) is 0 Å². The van der Waals surface area contributed by atoms with E-state index in [1.165, 1.54) is 36.3 Å². The molecule has 0 aliphatic heterocycles. The number of anilines is 1. The highest BCUT2D eigenvalue weighted by molar-refractivity contribution is 7.98. The lowest BCUT2D eigenvalue weighted by Crippen LogP contribution is -2.29. The van der Waals surface area contributed by atoms with Gasteiger partial charge in [-0.1, -0.05) is 26.7 Å². The molecule has 0 aromatic heterocycles. The topological polar surface area (TPSA) is 12.0 Å². The Morgan fingerprint density at radius 2 is 1.89 bits per heavy atom. The number of rotatable bonds is 4. The van der Waals surface area contributed by atoms with E-state index in [2.05, 4.69) is 49.7 Å². The summed E-state index contributed by atoms with van der Waals surface area (Å²) in [5.41, 5.74) is 1.28. The van der Waals surface area contributed by atoms with E-state index in [4.69, 9.17) is 0 Å². The second kappa shape index (κ2) is 6.51. The van der Waals surface area contributed by atoms with Gasteiger partial charge in [0.2, 0.25) is 0 Å². The van der Waals surface area contributed by atoms with Crippen LogP contribution in [0.5, 0.6) is 0 Å². The van der Waals surface area contributed by atoms with Crippen LogP contribution in [0.25, 0.3) is 0 Å². The molecule has 0 spiro atoms. The van der Waals surface area contributed by atoms with Gasteiger partial charge in [-0.15, -0.1) is 11.8 Å². The first-order chi connectivity index (χ1) is 8.69. The monoisotopic (exact) mass is 263 g/mol. The van der Waals surface area contributed by atoms with Gasteiger partial charge in [0.05, 0.1) is 0 Å². The molecule has 1 saturated carbocycles. The SMILES string of the molecule is CSc1ccc(NC2CCCC(C(C)C)C2)cc1.